The van der Waals surface area contributed by atoms with E-state index >= 15 is 0 Å². The number of carbonyl (C=O) groups excluding carboxylic acids is 6. The lowest BCUT2D eigenvalue weighted by molar-refractivity contribution is -0.128. The highest BCUT2D eigenvalue weighted by atomic mass is 16.6. The number of ether oxygens (including phenoxy) is 3. The summed E-state index contributed by atoms with van der Waals surface area (Å²) in [6.07, 6.45) is 9.49. The predicted octanol–water partition coefficient (Wildman–Crippen LogP) is 13.6. The number of carbonyl (C=O) groups is 7. The van der Waals surface area contributed by atoms with Gasteiger partial charge in [-0.1, -0.05) is 52.0 Å². The zero-order valence-corrected chi connectivity index (χ0v) is 54.7. The average molecular weight is 1240 g/mol. The number of nitrogen functional groups attached to an aromatic ring is 1. The number of benzene rings is 4. The first-order valence-corrected chi connectivity index (χ1v) is 31.2. The number of nitrogens with zero attached hydrogens (tertiary/aromatic N) is 5. The van der Waals surface area contributed by atoms with Crippen molar-refractivity contribution in [1.29, 1.82) is 0 Å². The Labute approximate surface area is 530 Å². The van der Waals surface area contributed by atoms with Crippen molar-refractivity contribution in [1.82, 2.24) is 20.4 Å². The minimum Gasteiger partial charge on any atom is -0.478 e. The highest BCUT2D eigenvalue weighted by Gasteiger charge is 2.30. The van der Waals surface area contributed by atoms with Crippen molar-refractivity contribution in [3.8, 4) is 0 Å². The van der Waals surface area contributed by atoms with Crippen LogP contribution in [0, 0.1) is 0 Å². The predicted molar refractivity (Wildman–Crippen MR) is 356 cm³/mol. The van der Waals surface area contributed by atoms with Crippen LogP contribution in [0.3, 0.4) is 0 Å². The Morgan fingerprint density at radius 2 is 1.07 bits per heavy atom. The lowest BCUT2D eigenvalue weighted by Crippen LogP contribution is -2.39. The van der Waals surface area contributed by atoms with Crippen molar-refractivity contribution < 1.29 is 52.9 Å². The minimum absolute atomic E-state index is 0.0703. The second-order valence-corrected chi connectivity index (χ2v) is 25.5. The Kier molecular flexibility index (Phi) is 24.5. The van der Waals surface area contributed by atoms with Crippen LogP contribution in [0.2, 0.25) is 0 Å². The van der Waals surface area contributed by atoms with Gasteiger partial charge in [0.25, 0.3) is 5.91 Å². The number of aliphatic imine (C=N–C) groups is 2. The number of amidine groups is 2. The van der Waals surface area contributed by atoms with Crippen LogP contribution >= 0.6 is 0 Å². The van der Waals surface area contributed by atoms with Crippen LogP contribution in [-0.4, -0.2) is 125 Å². The molecule has 0 saturated heterocycles. The van der Waals surface area contributed by atoms with Gasteiger partial charge in [-0.05, 0) is 185 Å². The summed E-state index contributed by atoms with van der Waals surface area (Å²) in [5.74, 6) is -1.07. The maximum absolute atomic E-state index is 13.6. The summed E-state index contributed by atoms with van der Waals surface area (Å²) in [6, 6.07) is 21.3. The molecule has 21 heteroatoms. The molecule has 4 aromatic carbocycles. The van der Waals surface area contributed by atoms with E-state index in [9.17, 15) is 38.7 Å². The molecule has 8 rings (SSSR count). The van der Waals surface area contributed by atoms with Gasteiger partial charge >= 0.3 is 24.2 Å². The molecule has 6 amide bonds. The van der Waals surface area contributed by atoms with E-state index in [2.05, 4.69) is 26.3 Å². The largest absolute Gasteiger partial charge is 0.478 e. The molecule has 0 aromatic heterocycles. The fraction of sp³-hybridized carbons (Fsp3) is 0.464. The number of hydrogen-bond acceptors (Lipinski definition) is 14. The highest BCUT2D eigenvalue weighted by Crippen LogP contribution is 2.34. The van der Waals surface area contributed by atoms with Crippen molar-refractivity contribution in [2.45, 2.75) is 171 Å². The summed E-state index contributed by atoms with van der Waals surface area (Å²) in [5, 5.41) is 21.0. The van der Waals surface area contributed by atoms with E-state index in [1.807, 2.05) is 89.8 Å². The number of aromatic carboxylic acids is 1. The molecular weight excluding hydrogens is 1140 g/mol. The summed E-state index contributed by atoms with van der Waals surface area (Å²) in [6.45, 7) is 28.4. The highest BCUT2D eigenvalue weighted by molar-refractivity contribution is 6.11. The number of carboxylic acid groups (broad SMARTS) is 1. The van der Waals surface area contributed by atoms with Crippen LogP contribution in [-0.2, 0) is 36.6 Å². The van der Waals surface area contributed by atoms with E-state index in [-0.39, 0.29) is 53.9 Å². The van der Waals surface area contributed by atoms with Gasteiger partial charge in [-0.2, -0.15) is 0 Å². The molecule has 0 atom stereocenters. The summed E-state index contributed by atoms with van der Waals surface area (Å²) < 4.78 is 16.2. The number of carboxylic acids is 1. The zero-order chi connectivity index (χ0) is 66.1. The quantitative estimate of drug-likeness (QED) is 0.0537. The third-order valence-electron chi connectivity index (χ3n) is 14.0. The molecule has 4 aliphatic heterocycles. The lowest BCUT2D eigenvalue weighted by Gasteiger charge is -2.31. The molecule has 0 bridgehead atoms. The molecule has 0 spiro atoms. The monoisotopic (exact) mass is 1240 g/mol. The number of nitrogens with two attached hydrogens (primary N) is 1. The maximum Gasteiger partial charge on any atom is 0.414 e. The fourth-order valence-electron chi connectivity index (χ4n) is 10.2. The Balaban J connectivity index is 0.000000231. The van der Waals surface area contributed by atoms with Crippen LogP contribution in [0.4, 0.5) is 48.5 Å². The number of alkyl carbamates (subject to hydrolysis) is 2. The van der Waals surface area contributed by atoms with Gasteiger partial charge in [0.2, 0.25) is 11.8 Å². The minimum atomic E-state index is -1.08. The molecule has 0 unspecified atom stereocenters. The van der Waals surface area contributed by atoms with Gasteiger partial charge in [-0.3, -0.25) is 29.9 Å². The molecule has 0 radical (unpaired) electrons. The third kappa shape index (κ3) is 21.1. The van der Waals surface area contributed by atoms with Crippen molar-refractivity contribution in [2.75, 3.05) is 60.5 Å². The van der Waals surface area contributed by atoms with Crippen LogP contribution in [0.15, 0.2) is 93.9 Å². The number of anilines is 4. The first kappa shape index (κ1) is 70.1. The number of hydrogen-bond donors (Lipinski definition) is 6. The summed E-state index contributed by atoms with van der Waals surface area (Å²) in [7, 11) is 0. The van der Waals surface area contributed by atoms with Crippen LogP contribution < -0.4 is 31.9 Å². The first-order valence-electron chi connectivity index (χ1n) is 31.2. The number of amides is 6. The molecule has 4 aliphatic rings. The standard InChI is InChI=1S/C32H41N5O4.C23H31N3O5.C14H20N2O2/c1-6-15-37(16-7-2)30(39)24-17-22-10-11-23(18-27(22)35-28(19-24)36-31(40)41-32(3,4)5)29(38)34-25-13-12-21-9-8-14-33-26(21)20-25;1-6-10-26(11-7-2)20(27)17-12-15-8-9-16(21(28)29)13-18(15)24-19(14-17)25-22(30)31-23(3,4)5;1-14(2,3)18-13(17)16-8-4-5-10-6-7-11(15)9-12(10)16/h10-13,17-18,20,33H,6-9,14-16,19H2,1-5H3,(H,34,38)(H,35,36,40);8-9,12-13H,6-7,10-11,14H2,1-5H3,(H,28,29)(H,24,25,30);6-7,9H,4-5,8,15H2,1-3H3. The van der Waals surface area contributed by atoms with Gasteiger partial charge in [0, 0.05) is 97.0 Å². The van der Waals surface area contributed by atoms with E-state index in [4.69, 9.17) is 24.9 Å². The van der Waals surface area contributed by atoms with Gasteiger partial charge in [0.1, 0.15) is 28.5 Å². The SMILES string of the molecule is CC(C)(C)OC(=O)N1CCCc2ccc(N)cc21.CCCN(CCC)C(=O)C1=Cc2ccc(C(=O)Nc3ccc4c(c3)NCCC4)cc2N=C(NC(=O)OC(C)(C)C)C1.CCCN(CCC)C(=O)C1=Cc2ccc(C(=O)O)cc2N=C(NC(=O)OC(C)(C)C)C1. The van der Waals surface area contributed by atoms with E-state index in [1.165, 1.54) is 17.7 Å². The fourth-order valence-corrected chi connectivity index (χ4v) is 10.2. The molecule has 90 heavy (non-hydrogen) atoms. The topological polar surface area (TPSA) is 276 Å². The normalized spacial score (nSPS) is 14.1. The van der Waals surface area contributed by atoms with Crippen molar-refractivity contribution >= 4 is 99.9 Å². The van der Waals surface area contributed by atoms with Crippen LogP contribution in [0.5, 0.6) is 0 Å². The number of nitrogens with one attached hydrogen (secondary N) is 4. The molecule has 0 fully saturated rings. The molecule has 0 saturated carbocycles. The third-order valence-corrected chi connectivity index (χ3v) is 14.0. The van der Waals surface area contributed by atoms with Gasteiger partial charge in [0.05, 0.1) is 22.6 Å². The molecule has 4 aromatic rings. The smallest absolute Gasteiger partial charge is 0.414 e. The summed E-state index contributed by atoms with van der Waals surface area (Å²) in [4.78, 5) is 103. The van der Waals surface area contributed by atoms with Crippen molar-refractivity contribution in [2.24, 2.45) is 9.98 Å². The Morgan fingerprint density at radius 1 is 0.589 bits per heavy atom. The molecule has 21 nitrogen and oxygen atoms in total. The van der Waals surface area contributed by atoms with Gasteiger partial charge in [0.15, 0.2) is 0 Å². The van der Waals surface area contributed by atoms with Gasteiger partial charge < -0.3 is 45.5 Å². The van der Waals surface area contributed by atoms with E-state index in [0.29, 0.717) is 83.3 Å². The zero-order valence-electron chi connectivity index (χ0n) is 54.7. The van der Waals surface area contributed by atoms with Crippen LogP contribution in [0.1, 0.15) is 184 Å². The second-order valence-electron chi connectivity index (χ2n) is 25.5. The van der Waals surface area contributed by atoms with E-state index in [1.54, 1.807) is 87.8 Å². The van der Waals surface area contributed by atoms with Crippen molar-refractivity contribution in [3.63, 3.8) is 0 Å². The summed E-state index contributed by atoms with van der Waals surface area (Å²) >= 11 is 0. The molecular formula is C69H92N10O11. The number of aryl methyl sites for hydroxylation is 2. The Hall–Kier alpha value is -9.01. The van der Waals surface area contributed by atoms with E-state index in [0.717, 1.165) is 74.8 Å². The molecule has 7 N–H and O–H groups in total. The van der Waals surface area contributed by atoms with Gasteiger partial charge in [-0.15, -0.1) is 0 Å². The van der Waals surface area contributed by atoms with E-state index < -0.39 is 35.0 Å². The summed E-state index contributed by atoms with van der Waals surface area (Å²) in [5.41, 5.74) is 13.2. The Morgan fingerprint density at radius 3 is 1.56 bits per heavy atom. The maximum atomic E-state index is 13.6. The number of fused-ring (bicyclic) bond motifs is 4. The lowest BCUT2D eigenvalue weighted by atomic mass is 10.0. The first-order chi connectivity index (χ1) is 42.5. The average Bonchev–Trinajstić information content (AvgIpc) is 1.48. The second kappa shape index (κ2) is 31.4. The number of rotatable bonds is 13. The van der Waals surface area contributed by atoms with Crippen LogP contribution in [0.25, 0.3) is 12.2 Å². The molecule has 4 heterocycles. The van der Waals surface area contributed by atoms with Crippen molar-refractivity contribution in [3.05, 3.63) is 117 Å². The Bertz CT molecular complexity index is 3410. The molecule has 484 valence electrons. The molecule has 0 aliphatic carbocycles. The van der Waals surface area contributed by atoms with Gasteiger partial charge in [-0.25, -0.2) is 29.2 Å².